The molecule has 0 spiro atoms. The Bertz CT molecular complexity index is 1120. The lowest BCUT2D eigenvalue weighted by Gasteiger charge is -2.26. The number of hydrogen-bond donors (Lipinski definition) is 1. The topological polar surface area (TPSA) is 102 Å². The second-order valence-corrected chi connectivity index (χ2v) is 6.67. The van der Waals surface area contributed by atoms with Crippen LogP contribution in [0.1, 0.15) is 17.2 Å². The van der Waals surface area contributed by atoms with Gasteiger partial charge in [-0.25, -0.2) is 9.97 Å². The highest BCUT2D eigenvalue weighted by Gasteiger charge is 2.23. The van der Waals surface area contributed by atoms with E-state index in [-0.39, 0.29) is 18.0 Å². The van der Waals surface area contributed by atoms with Gasteiger partial charge >= 0.3 is 0 Å². The summed E-state index contributed by atoms with van der Waals surface area (Å²) in [6.07, 6.45) is 2.34. The van der Waals surface area contributed by atoms with E-state index < -0.39 is 0 Å². The number of nitrogens with zero attached hydrogens (tertiary/aromatic N) is 4. The van der Waals surface area contributed by atoms with Crippen molar-refractivity contribution in [1.29, 1.82) is 0 Å². The van der Waals surface area contributed by atoms with Crippen LogP contribution >= 0.6 is 0 Å². The number of hydrogen-bond acceptors (Lipinski definition) is 6. The van der Waals surface area contributed by atoms with Crippen LogP contribution in [0.25, 0.3) is 10.9 Å². The number of ether oxygens (including phenoxy) is 2. The van der Waals surface area contributed by atoms with E-state index in [4.69, 9.17) is 9.47 Å². The summed E-state index contributed by atoms with van der Waals surface area (Å²) in [6.45, 7) is 2.70. The number of carbonyl (C=O) groups is 1. The molecule has 0 saturated carbocycles. The number of fused-ring (bicyclic) bond motifs is 2. The first-order valence-corrected chi connectivity index (χ1v) is 8.94. The number of amides is 1. The van der Waals surface area contributed by atoms with E-state index in [0.29, 0.717) is 47.7 Å². The minimum Gasteiger partial charge on any atom is -0.493 e. The molecule has 0 radical (unpaired) electrons. The third kappa shape index (κ3) is 2.98. The van der Waals surface area contributed by atoms with Crippen molar-refractivity contribution in [3.05, 3.63) is 46.0 Å². The lowest BCUT2D eigenvalue weighted by molar-refractivity contribution is -0.132. The number of aromatic amines is 1. The number of benzene rings is 1. The summed E-state index contributed by atoms with van der Waals surface area (Å²) < 4.78 is 12.0. The first-order valence-electron chi connectivity index (χ1n) is 8.94. The largest absolute Gasteiger partial charge is 0.493 e. The molecular weight excluding hydrogens is 362 g/mol. The zero-order chi connectivity index (χ0) is 19.8. The number of imidazole rings is 1. The van der Waals surface area contributed by atoms with E-state index in [1.54, 1.807) is 30.3 Å². The van der Waals surface area contributed by atoms with E-state index in [2.05, 4.69) is 15.0 Å². The number of nitrogens with one attached hydrogen (secondary N) is 1. The van der Waals surface area contributed by atoms with Crippen LogP contribution in [0.5, 0.6) is 11.5 Å². The molecule has 3 aromatic rings. The van der Waals surface area contributed by atoms with Crippen LogP contribution in [0.15, 0.2) is 23.3 Å². The Kier molecular flexibility index (Phi) is 4.50. The summed E-state index contributed by atoms with van der Waals surface area (Å²) in [6, 6.07) is 3.26. The maximum Gasteiger partial charge on any atom is 0.262 e. The molecule has 9 nitrogen and oxygen atoms in total. The summed E-state index contributed by atoms with van der Waals surface area (Å²) in [4.78, 5) is 39.4. The van der Waals surface area contributed by atoms with Gasteiger partial charge in [-0.15, -0.1) is 0 Å². The fourth-order valence-electron chi connectivity index (χ4n) is 3.51. The first kappa shape index (κ1) is 18.0. The summed E-state index contributed by atoms with van der Waals surface area (Å²) in [5, 5.41) is 0.380. The van der Waals surface area contributed by atoms with E-state index in [0.717, 1.165) is 11.4 Å². The van der Waals surface area contributed by atoms with Crippen LogP contribution < -0.4 is 15.0 Å². The van der Waals surface area contributed by atoms with Crippen molar-refractivity contribution >= 4 is 16.8 Å². The zero-order valence-electron chi connectivity index (χ0n) is 16.0. The van der Waals surface area contributed by atoms with Crippen LogP contribution in [0.2, 0.25) is 0 Å². The minimum absolute atomic E-state index is 0.0641. The number of methoxy groups -OCH3 is 2. The number of rotatable bonds is 4. The van der Waals surface area contributed by atoms with Crippen molar-refractivity contribution in [2.75, 3.05) is 20.8 Å². The maximum absolute atomic E-state index is 13.0. The molecule has 9 heteroatoms. The molecule has 146 valence electrons. The van der Waals surface area contributed by atoms with Crippen molar-refractivity contribution in [2.24, 2.45) is 0 Å². The van der Waals surface area contributed by atoms with E-state index in [1.807, 2.05) is 0 Å². The van der Waals surface area contributed by atoms with Crippen molar-refractivity contribution in [3.63, 3.8) is 0 Å². The third-order valence-electron chi connectivity index (χ3n) is 5.07. The van der Waals surface area contributed by atoms with Gasteiger partial charge in [0.05, 0.1) is 49.4 Å². The van der Waals surface area contributed by atoms with Gasteiger partial charge in [-0.2, -0.15) is 0 Å². The molecule has 0 aliphatic carbocycles. The molecule has 28 heavy (non-hydrogen) atoms. The van der Waals surface area contributed by atoms with Crippen LogP contribution in [0.4, 0.5) is 0 Å². The highest BCUT2D eigenvalue weighted by molar-refractivity contribution is 5.82. The Hall–Kier alpha value is -3.36. The van der Waals surface area contributed by atoms with E-state index >= 15 is 0 Å². The highest BCUT2D eigenvalue weighted by atomic mass is 16.5. The van der Waals surface area contributed by atoms with Gasteiger partial charge < -0.3 is 19.4 Å². The molecule has 1 amide bonds. The Morgan fingerprint density at radius 1 is 1.25 bits per heavy atom. The summed E-state index contributed by atoms with van der Waals surface area (Å²) >= 11 is 0. The number of aryl methyl sites for hydroxylation is 1. The highest BCUT2D eigenvalue weighted by Crippen LogP contribution is 2.30. The van der Waals surface area contributed by atoms with Gasteiger partial charge in [0.2, 0.25) is 5.91 Å². The van der Waals surface area contributed by atoms with Gasteiger partial charge in [0.1, 0.15) is 12.4 Å². The van der Waals surface area contributed by atoms with Crippen molar-refractivity contribution in [3.8, 4) is 11.5 Å². The third-order valence-corrected chi connectivity index (χ3v) is 5.07. The Morgan fingerprint density at radius 3 is 2.75 bits per heavy atom. The molecule has 0 saturated heterocycles. The lowest BCUT2D eigenvalue weighted by atomic mass is 10.1. The fraction of sp³-hybridized carbons (Fsp3) is 0.368. The van der Waals surface area contributed by atoms with Crippen LogP contribution in [0, 0.1) is 6.92 Å². The standard InChI is InChI=1S/C19H21N5O4/c1-11-22-14-7-17(28-3)16(27-2)6-12(14)19(26)24(11)9-18(25)23-5-4-13-15(8-23)21-10-20-13/h6-7,10H,4-5,8-9H2,1-3H3,(H,20,21). The minimum atomic E-state index is -0.281. The van der Waals surface area contributed by atoms with Crippen LogP contribution in [-0.2, 0) is 24.3 Å². The average molecular weight is 383 g/mol. The predicted octanol–water partition coefficient (Wildman–Crippen LogP) is 1.03. The quantitative estimate of drug-likeness (QED) is 0.722. The molecule has 0 bridgehead atoms. The molecule has 0 atom stereocenters. The Labute approximate surface area is 160 Å². The second kappa shape index (κ2) is 6.99. The van der Waals surface area contributed by atoms with Crippen molar-refractivity contribution < 1.29 is 14.3 Å². The number of H-pyrrole nitrogens is 1. The van der Waals surface area contributed by atoms with E-state index in [1.165, 1.54) is 18.8 Å². The normalized spacial score (nSPS) is 13.5. The van der Waals surface area contributed by atoms with Crippen LogP contribution in [0.3, 0.4) is 0 Å². The fourth-order valence-corrected chi connectivity index (χ4v) is 3.51. The lowest BCUT2D eigenvalue weighted by Crippen LogP contribution is -2.40. The zero-order valence-corrected chi connectivity index (χ0v) is 16.0. The summed E-state index contributed by atoms with van der Waals surface area (Å²) in [5.41, 5.74) is 2.16. The maximum atomic E-state index is 13.0. The molecule has 0 unspecified atom stereocenters. The average Bonchev–Trinajstić information content (AvgIpc) is 3.17. The number of aromatic nitrogens is 4. The van der Waals surface area contributed by atoms with E-state index in [9.17, 15) is 9.59 Å². The predicted molar refractivity (Wildman–Crippen MR) is 102 cm³/mol. The molecule has 1 aliphatic heterocycles. The molecule has 4 rings (SSSR count). The molecule has 1 N–H and O–H groups in total. The second-order valence-electron chi connectivity index (χ2n) is 6.67. The molecule has 2 aromatic heterocycles. The van der Waals surface area contributed by atoms with Gasteiger partial charge in [0.25, 0.3) is 5.56 Å². The molecule has 3 heterocycles. The SMILES string of the molecule is COc1cc2nc(C)n(CC(=O)N3CCc4nc[nH]c4C3)c(=O)c2cc1OC. The van der Waals surface area contributed by atoms with Crippen molar-refractivity contribution in [1.82, 2.24) is 24.4 Å². The van der Waals surface area contributed by atoms with Gasteiger partial charge in [-0.1, -0.05) is 0 Å². The van der Waals surface area contributed by atoms with Crippen LogP contribution in [-0.4, -0.2) is 51.1 Å². The van der Waals surface area contributed by atoms with Crippen molar-refractivity contribution in [2.45, 2.75) is 26.4 Å². The van der Waals surface area contributed by atoms with Gasteiger partial charge in [0.15, 0.2) is 11.5 Å². The monoisotopic (exact) mass is 383 g/mol. The first-order chi connectivity index (χ1) is 13.5. The van der Waals surface area contributed by atoms with Gasteiger partial charge in [-0.05, 0) is 13.0 Å². The molecule has 0 fully saturated rings. The molecule has 1 aliphatic rings. The Balaban J connectivity index is 1.67. The molecular formula is C19H21N5O4. The smallest absolute Gasteiger partial charge is 0.262 e. The Morgan fingerprint density at radius 2 is 2.00 bits per heavy atom. The molecule has 1 aromatic carbocycles. The number of carbonyl (C=O) groups excluding carboxylic acids is 1. The summed E-state index contributed by atoms with van der Waals surface area (Å²) in [7, 11) is 3.04. The van der Waals surface area contributed by atoms with Gasteiger partial charge in [0, 0.05) is 19.0 Å². The summed E-state index contributed by atoms with van der Waals surface area (Å²) in [5.74, 6) is 1.28. The van der Waals surface area contributed by atoms with Gasteiger partial charge in [-0.3, -0.25) is 14.2 Å².